The van der Waals surface area contributed by atoms with Crippen LogP contribution in [-0.4, -0.2) is 24.7 Å². The lowest BCUT2D eigenvalue weighted by Gasteiger charge is -2.13. The number of nitrogens with one attached hydrogen (secondary N) is 1. The number of hydrogen-bond acceptors (Lipinski definition) is 3. The van der Waals surface area contributed by atoms with Gasteiger partial charge in [0, 0.05) is 24.0 Å². The van der Waals surface area contributed by atoms with Crippen molar-refractivity contribution in [3.63, 3.8) is 0 Å². The normalized spacial score (nSPS) is 13.7. The molecular weight excluding hydrogens is 304 g/mol. The Bertz CT molecular complexity index is 738. The Morgan fingerprint density at radius 3 is 2.38 bits per heavy atom. The summed E-state index contributed by atoms with van der Waals surface area (Å²) in [6.45, 7) is 4.74. The molecule has 1 fully saturated rings. The molecule has 1 aliphatic rings. The molecular formula is C19H24N2O3. The topological polar surface area (TPSA) is 52.5 Å². The lowest BCUT2D eigenvalue weighted by Crippen LogP contribution is -2.24. The number of methoxy groups -OCH3 is 2. The van der Waals surface area contributed by atoms with E-state index in [4.69, 9.17) is 9.47 Å². The fourth-order valence-corrected chi connectivity index (χ4v) is 3.26. The third-order valence-electron chi connectivity index (χ3n) is 4.60. The largest absolute Gasteiger partial charge is 0.496 e. The summed E-state index contributed by atoms with van der Waals surface area (Å²) in [5, 5.41) is 2.99. The Hall–Kier alpha value is -2.43. The number of ether oxygens (including phenoxy) is 2. The first kappa shape index (κ1) is 16.4. The van der Waals surface area contributed by atoms with Crippen molar-refractivity contribution in [2.45, 2.75) is 39.3 Å². The zero-order valence-electron chi connectivity index (χ0n) is 14.7. The maximum absolute atomic E-state index is 12.6. The molecule has 1 heterocycles. The summed E-state index contributed by atoms with van der Waals surface area (Å²) >= 11 is 0. The highest BCUT2D eigenvalue weighted by Gasteiger charge is 2.27. The van der Waals surface area contributed by atoms with Crippen LogP contribution in [0.15, 0.2) is 24.3 Å². The maximum Gasteiger partial charge on any atom is 0.259 e. The Labute approximate surface area is 142 Å². The number of benzene rings is 1. The standard InChI is InChI=1S/C19H24N2O3/c1-12-10-14(13(2)21(12)15-8-9-15)11-20-19(22)18-16(23-3)6-5-7-17(18)24-4/h5-7,10,15H,8-9,11H2,1-4H3,(H,20,22). The first-order chi connectivity index (χ1) is 11.6. The Kier molecular flexibility index (Phi) is 4.51. The van der Waals surface area contributed by atoms with Gasteiger partial charge in [0.2, 0.25) is 0 Å². The molecule has 0 atom stereocenters. The predicted octanol–water partition coefficient (Wildman–Crippen LogP) is 3.39. The number of rotatable bonds is 6. The molecule has 0 radical (unpaired) electrons. The highest BCUT2D eigenvalue weighted by Crippen LogP contribution is 2.38. The number of aryl methyl sites for hydroxylation is 1. The molecule has 3 rings (SSSR count). The van der Waals surface area contributed by atoms with E-state index in [-0.39, 0.29) is 5.91 Å². The summed E-state index contributed by atoms with van der Waals surface area (Å²) in [6, 6.07) is 8.13. The molecule has 1 N–H and O–H groups in total. The Balaban J connectivity index is 1.78. The van der Waals surface area contributed by atoms with E-state index in [0.29, 0.717) is 29.6 Å². The molecule has 1 saturated carbocycles. The van der Waals surface area contributed by atoms with Crippen molar-refractivity contribution >= 4 is 5.91 Å². The average molecular weight is 328 g/mol. The van der Waals surface area contributed by atoms with E-state index in [1.165, 1.54) is 24.2 Å². The van der Waals surface area contributed by atoms with Crippen molar-refractivity contribution in [1.82, 2.24) is 9.88 Å². The van der Waals surface area contributed by atoms with Gasteiger partial charge in [0.05, 0.1) is 14.2 Å². The van der Waals surface area contributed by atoms with Crippen LogP contribution in [0.5, 0.6) is 11.5 Å². The van der Waals surface area contributed by atoms with E-state index in [1.807, 2.05) is 0 Å². The fraction of sp³-hybridized carbons (Fsp3) is 0.421. The van der Waals surface area contributed by atoms with Gasteiger partial charge >= 0.3 is 0 Å². The van der Waals surface area contributed by atoms with E-state index in [0.717, 1.165) is 5.56 Å². The monoisotopic (exact) mass is 328 g/mol. The van der Waals surface area contributed by atoms with Crippen LogP contribution in [0.1, 0.15) is 46.2 Å². The van der Waals surface area contributed by atoms with Gasteiger partial charge in [0.25, 0.3) is 5.91 Å². The second-order valence-corrected chi connectivity index (χ2v) is 6.22. The molecule has 0 unspecified atom stereocenters. The minimum absolute atomic E-state index is 0.194. The van der Waals surface area contributed by atoms with Gasteiger partial charge in [-0.2, -0.15) is 0 Å². The lowest BCUT2D eigenvalue weighted by atomic mass is 10.1. The van der Waals surface area contributed by atoms with Crippen LogP contribution in [0.4, 0.5) is 0 Å². The molecule has 0 spiro atoms. The van der Waals surface area contributed by atoms with Gasteiger partial charge in [-0.3, -0.25) is 4.79 Å². The molecule has 0 saturated heterocycles. The smallest absolute Gasteiger partial charge is 0.259 e. The van der Waals surface area contributed by atoms with E-state index < -0.39 is 0 Å². The van der Waals surface area contributed by atoms with Crippen molar-refractivity contribution in [2.75, 3.05) is 14.2 Å². The first-order valence-corrected chi connectivity index (χ1v) is 8.23. The average Bonchev–Trinajstić information content (AvgIpc) is 3.37. The van der Waals surface area contributed by atoms with Gasteiger partial charge in [0.15, 0.2) is 0 Å². The van der Waals surface area contributed by atoms with Crippen LogP contribution in [-0.2, 0) is 6.54 Å². The van der Waals surface area contributed by atoms with Gasteiger partial charge in [-0.15, -0.1) is 0 Å². The molecule has 2 aromatic rings. The van der Waals surface area contributed by atoms with Gasteiger partial charge < -0.3 is 19.4 Å². The predicted molar refractivity (Wildman–Crippen MR) is 92.9 cm³/mol. The fourth-order valence-electron chi connectivity index (χ4n) is 3.26. The second kappa shape index (κ2) is 6.59. The summed E-state index contributed by atoms with van der Waals surface area (Å²) in [5.41, 5.74) is 4.08. The van der Waals surface area contributed by atoms with E-state index in [9.17, 15) is 4.79 Å². The second-order valence-electron chi connectivity index (χ2n) is 6.22. The van der Waals surface area contributed by atoms with Crippen molar-refractivity contribution in [3.05, 3.63) is 46.8 Å². The molecule has 1 aromatic carbocycles. The molecule has 0 bridgehead atoms. The zero-order valence-corrected chi connectivity index (χ0v) is 14.7. The van der Waals surface area contributed by atoms with Crippen LogP contribution in [0.3, 0.4) is 0 Å². The summed E-state index contributed by atoms with van der Waals surface area (Å²) in [7, 11) is 3.10. The van der Waals surface area contributed by atoms with Crippen molar-refractivity contribution in [1.29, 1.82) is 0 Å². The van der Waals surface area contributed by atoms with Crippen LogP contribution in [0.2, 0.25) is 0 Å². The molecule has 0 aliphatic heterocycles. The van der Waals surface area contributed by atoms with Crippen molar-refractivity contribution < 1.29 is 14.3 Å². The van der Waals surface area contributed by atoms with E-state index in [1.54, 1.807) is 32.4 Å². The highest BCUT2D eigenvalue weighted by molar-refractivity contribution is 5.99. The number of aromatic nitrogens is 1. The van der Waals surface area contributed by atoms with Gasteiger partial charge in [-0.25, -0.2) is 0 Å². The highest BCUT2D eigenvalue weighted by atomic mass is 16.5. The Morgan fingerprint density at radius 2 is 1.83 bits per heavy atom. The van der Waals surface area contributed by atoms with Gasteiger partial charge in [0.1, 0.15) is 17.1 Å². The Morgan fingerprint density at radius 1 is 1.21 bits per heavy atom. The van der Waals surface area contributed by atoms with E-state index in [2.05, 4.69) is 29.8 Å². The third-order valence-corrected chi connectivity index (χ3v) is 4.60. The van der Waals surface area contributed by atoms with Crippen molar-refractivity contribution in [2.24, 2.45) is 0 Å². The quantitative estimate of drug-likeness (QED) is 0.884. The van der Waals surface area contributed by atoms with Crippen molar-refractivity contribution in [3.8, 4) is 11.5 Å². The summed E-state index contributed by atoms with van der Waals surface area (Å²) < 4.78 is 13.0. The lowest BCUT2D eigenvalue weighted by molar-refractivity contribution is 0.0944. The number of hydrogen-bond donors (Lipinski definition) is 1. The molecule has 128 valence electrons. The number of amides is 1. The third kappa shape index (κ3) is 2.98. The van der Waals surface area contributed by atoms with E-state index >= 15 is 0 Å². The summed E-state index contributed by atoms with van der Waals surface area (Å²) in [6.07, 6.45) is 2.50. The zero-order chi connectivity index (χ0) is 17.3. The van der Waals surface area contributed by atoms with Crippen LogP contribution < -0.4 is 14.8 Å². The maximum atomic E-state index is 12.6. The van der Waals surface area contributed by atoms with Gasteiger partial charge in [-0.1, -0.05) is 6.07 Å². The minimum atomic E-state index is -0.194. The number of nitrogens with zero attached hydrogens (tertiary/aromatic N) is 1. The number of carbonyl (C=O) groups is 1. The minimum Gasteiger partial charge on any atom is -0.496 e. The summed E-state index contributed by atoms with van der Waals surface area (Å²) in [5.74, 6) is 0.825. The number of carbonyl (C=O) groups excluding carboxylic acids is 1. The summed E-state index contributed by atoms with van der Waals surface area (Å²) in [4.78, 5) is 12.6. The molecule has 5 heteroatoms. The van der Waals surface area contributed by atoms with Crippen LogP contribution in [0, 0.1) is 13.8 Å². The molecule has 1 aliphatic carbocycles. The van der Waals surface area contributed by atoms with Crippen LogP contribution in [0.25, 0.3) is 0 Å². The molecule has 24 heavy (non-hydrogen) atoms. The van der Waals surface area contributed by atoms with Gasteiger partial charge in [-0.05, 0) is 50.5 Å². The SMILES string of the molecule is COc1cccc(OC)c1C(=O)NCc1cc(C)n(C2CC2)c1C. The molecule has 1 amide bonds. The molecule has 1 aromatic heterocycles. The first-order valence-electron chi connectivity index (χ1n) is 8.23. The molecule has 5 nitrogen and oxygen atoms in total. The van der Waals surface area contributed by atoms with Crippen LogP contribution >= 0.6 is 0 Å².